The van der Waals surface area contributed by atoms with Crippen molar-refractivity contribution in [2.75, 3.05) is 32.7 Å². The van der Waals surface area contributed by atoms with Gasteiger partial charge in [0.1, 0.15) is 11.6 Å². The number of likely N-dealkylation sites (N-methyl/N-ethyl adjacent to an activating group) is 1. The lowest BCUT2D eigenvalue weighted by molar-refractivity contribution is -0.149. The fourth-order valence-electron chi connectivity index (χ4n) is 6.17. The van der Waals surface area contributed by atoms with Crippen LogP contribution in [0.2, 0.25) is 0 Å². The van der Waals surface area contributed by atoms with Crippen LogP contribution in [0.5, 0.6) is 0 Å². The number of piperazine rings is 1. The maximum absolute atomic E-state index is 13.6. The van der Waals surface area contributed by atoms with Crippen molar-refractivity contribution in [1.29, 1.82) is 0 Å². The summed E-state index contributed by atoms with van der Waals surface area (Å²) in [6.45, 7) is 16.3. The molecule has 188 valence electrons. The number of benzene rings is 1. The molecule has 1 aromatic rings. The average molecular weight is 470 g/mol. The zero-order valence-corrected chi connectivity index (χ0v) is 22.0. The van der Waals surface area contributed by atoms with Crippen molar-refractivity contribution in [2.45, 2.75) is 90.8 Å². The number of nitrogens with zero attached hydrogens (tertiary/aromatic N) is 3. The third kappa shape index (κ3) is 4.98. The quantitative estimate of drug-likeness (QED) is 0.609. The van der Waals surface area contributed by atoms with E-state index >= 15 is 0 Å². The van der Waals surface area contributed by atoms with Crippen LogP contribution in [-0.4, -0.2) is 71.1 Å². The summed E-state index contributed by atoms with van der Waals surface area (Å²) in [4.78, 5) is 32.5. The summed E-state index contributed by atoms with van der Waals surface area (Å²) in [5.74, 6) is 0.635. The van der Waals surface area contributed by atoms with Gasteiger partial charge in [0.25, 0.3) is 0 Å². The first-order chi connectivity index (χ1) is 16.0. The van der Waals surface area contributed by atoms with E-state index in [0.29, 0.717) is 17.4 Å². The van der Waals surface area contributed by atoms with Crippen LogP contribution in [0.4, 0.5) is 4.79 Å². The molecule has 1 spiro atoms. The highest BCUT2D eigenvalue weighted by molar-refractivity contribution is 5.84. The van der Waals surface area contributed by atoms with E-state index in [1.807, 2.05) is 30.6 Å². The summed E-state index contributed by atoms with van der Waals surface area (Å²) in [6, 6.07) is 8.76. The summed E-state index contributed by atoms with van der Waals surface area (Å²) in [7, 11) is 0. The molecule has 3 aliphatic rings. The number of carbonyl (C=O) groups excluding carboxylic acids is 2. The Balaban J connectivity index is 1.45. The third-order valence-corrected chi connectivity index (χ3v) is 8.08. The van der Waals surface area contributed by atoms with Crippen molar-refractivity contribution in [2.24, 2.45) is 5.41 Å². The Morgan fingerprint density at radius 2 is 1.74 bits per heavy atom. The van der Waals surface area contributed by atoms with Gasteiger partial charge in [-0.05, 0) is 75.8 Å². The van der Waals surface area contributed by atoms with Gasteiger partial charge in [-0.1, -0.05) is 38.1 Å². The van der Waals surface area contributed by atoms with E-state index in [1.165, 1.54) is 11.1 Å². The van der Waals surface area contributed by atoms with Gasteiger partial charge in [0, 0.05) is 38.8 Å². The van der Waals surface area contributed by atoms with Crippen LogP contribution >= 0.6 is 0 Å². The van der Waals surface area contributed by atoms with Crippen LogP contribution in [0.25, 0.3) is 0 Å². The molecule has 1 saturated carbocycles. The normalized spacial score (nSPS) is 24.0. The van der Waals surface area contributed by atoms with Crippen molar-refractivity contribution < 1.29 is 14.3 Å². The Kier molecular flexibility index (Phi) is 7.01. The minimum Gasteiger partial charge on any atom is -0.444 e. The molecule has 2 heterocycles. The van der Waals surface area contributed by atoms with E-state index < -0.39 is 5.60 Å². The van der Waals surface area contributed by atoms with Crippen LogP contribution in [-0.2, 0) is 9.53 Å². The zero-order valence-electron chi connectivity index (χ0n) is 22.0. The molecule has 1 atom stereocenters. The molecule has 2 saturated heterocycles. The molecule has 0 aromatic heterocycles. The number of hydrogen-bond donors (Lipinski definition) is 0. The van der Waals surface area contributed by atoms with E-state index in [4.69, 9.17) is 4.74 Å². The molecule has 1 aliphatic carbocycles. The second kappa shape index (κ2) is 9.52. The predicted molar refractivity (Wildman–Crippen MR) is 135 cm³/mol. The van der Waals surface area contributed by atoms with Crippen LogP contribution in [0, 0.1) is 5.41 Å². The van der Waals surface area contributed by atoms with Gasteiger partial charge in [0.05, 0.1) is 0 Å². The lowest BCUT2D eigenvalue weighted by Gasteiger charge is -2.57. The Labute approximate surface area is 205 Å². The van der Waals surface area contributed by atoms with Crippen LogP contribution in [0.15, 0.2) is 24.3 Å². The first kappa shape index (κ1) is 25.0. The molecule has 4 rings (SSSR count). The Bertz CT molecular complexity index is 890. The third-order valence-electron chi connectivity index (χ3n) is 8.08. The van der Waals surface area contributed by atoms with E-state index in [9.17, 15) is 9.59 Å². The maximum Gasteiger partial charge on any atom is 0.410 e. The molecule has 0 bridgehead atoms. The summed E-state index contributed by atoms with van der Waals surface area (Å²) < 4.78 is 5.58. The lowest BCUT2D eigenvalue weighted by atomic mass is 9.59. The first-order valence-corrected chi connectivity index (χ1v) is 13.1. The van der Waals surface area contributed by atoms with Gasteiger partial charge in [-0.15, -0.1) is 0 Å². The summed E-state index contributed by atoms with van der Waals surface area (Å²) >= 11 is 0. The molecule has 6 nitrogen and oxygen atoms in total. The first-order valence-electron chi connectivity index (χ1n) is 13.1. The van der Waals surface area contributed by atoms with Crippen molar-refractivity contribution in [3.8, 4) is 0 Å². The summed E-state index contributed by atoms with van der Waals surface area (Å²) in [5, 5.41) is 0. The number of hydrogen-bond acceptors (Lipinski definition) is 4. The van der Waals surface area contributed by atoms with Gasteiger partial charge in [0.15, 0.2) is 0 Å². The van der Waals surface area contributed by atoms with E-state index in [-0.39, 0.29) is 18.0 Å². The molecule has 1 unspecified atom stereocenters. The molecule has 6 heteroatoms. The van der Waals surface area contributed by atoms with Crippen molar-refractivity contribution in [3.63, 3.8) is 0 Å². The number of amides is 2. The standard InChI is InChI=1S/C28H43N3O3/c1-7-29-16-17-31(24(25(29)32)23-11-9-8-10-22(23)20(2)3)21-18-28(19-21)12-14-30(15-13-28)26(33)34-27(4,5)6/h8-11,20-21,24H,7,12-19H2,1-6H3. The highest BCUT2D eigenvalue weighted by atomic mass is 16.6. The molecular weight excluding hydrogens is 426 g/mol. The van der Waals surface area contributed by atoms with Gasteiger partial charge in [-0.3, -0.25) is 9.69 Å². The van der Waals surface area contributed by atoms with E-state index in [1.54, 1.807) is 0 Å². The number of likely N-dealkylation sites (tertiary alicyclic amines) is 1. The van der Waals surface area contributed by atoms with E-state index in [2.05, 4.69) is 49.9 Å². The topological polar surface area (TPSA) is 53.1 Å². The zero-order chi connectivity index (χ0) is 24.7. The fourth-order valence-corrected chi connectivity index (χ4v) is 6.17. The molecule has 2 aliphatic heterocycles. The number of piperidine rings is 1. The Hall–Kier alpha value is -2.08. The van der Waals surface area contributed by atoms with Crippen LogP contribution in [0.3, 0.4) is 0 Å². The summed E-state index contributed by atoms with van der Waals surface area (Å²) in [5.41, 5.74) is 2.31. The largest absolute Gasteiger partial charge is 0.444 e. The number of ether oxygens (including phenoxy) is 1. The van der Waals surface area contributed by atoms with Gasteiger partial charge in [-0.25, -0.2) is 4.79 Å². The lowest BCUT2D eigenvalue weighted by Crippen LogP contribution is -2.61. The number of carbonyl (C=O) groups is 2. The van der Waals surface area contributed by atoms with Gasteiger partial charge < -0.3 is 14.5 Å². The van der Waals surface area contributed by atoms with Crippen molar-refractivity contribution in [3.05, 3.63) is 35.4 Å². The Morgan fingerprint density at radius 1 is 1.09 bits per heavy atom. The molecule has 0 radical (unpaired) electrons. The minimum atomic E-state index is -0.456. The second-order valence-electron chi connectivity index (χ2n) is 11.9. The predicted octanol–water partition coefficient (Wildman–Crippen LogP) is 5.19. The molecule has 1 aromatic carbocycles. The van der Waals surface area contributed by atoms with Crippen LogP contribution < -0.4 is 0 Å². The van der Waals surface area contributed by atoms with Gasteiger partial charge in [-0.2, -0.15) is 0 Å². The SMILES string of the molecule is CCN1CCN(C2CC3(CCN(C(=O)OC(C)(C)C)CC3)C2)C(c2ccccc2C(C)C)C1=O. The smallest absolute Gasteiger partial charge is 0.410 e. The summed E-state index contributed by atoms with van der Waals surface area (Å²) in [6.07, 6.45) is 4.10. The molecule has 3 fully saturated rings. The fraction of sp³-hybridized carbons (Fsp3) is 0.714. The monoisotopic (exact) mass is 469 g/mol. The van der Waals surface area contributed by atoms with Crippen LogP contribution in [0.1, 0.15) is 90.3 Å². The molecular formula is C28H43N3O3. The molecule has 2 amide bonds. The van der Waals surface area contributed by atoms with Crippen molar-refractivity contribution >= 4 is 12.0 Å². The molecule has 0 N–H and O–H groups in total. The number of rotatable bonds is 4. The van der Waals surface area contributed by atoms with E-state index in [0.717, 1.165) is 58.4 Å². The maximum atomic E-state index is 13.6. The molecule has 34 heavy (non-hydrogen) atoms. The average Bonchev–Trinajstić information content (AvgIpc) is 2.76. The van der Waals surface area contributed by atoms with Gasteiger partial charge in [0.2, 0.25) is 5.91 Å². The highest BCUT2D eigenvalue weighted by Gasteiger charge is 2.52. The Morgan fingerprint density at radius 3 is 2.32 bits per heavy atom. The van der Waals surface area contributed by atoms with Crippen molar-refractivity contribution in [1.82, 2.24) is 14.7 Å². The second-order valence-corrected chi connectivity index (χ2v) is 11.9. The highest BCUT2D eigenvalue weighted by Crippen LogP contribution is 2.53. The van der Waals surface area contributed by atoms with Gasteiger partial charge >= 0.3 is 6.09 Å². The minimum absolute atomic E-state index is 0.184.